The molecule has 2 aromatic rings. The molecule has 0 saturated heterocycles. The fourth-order valence-corrected chi connectivity index (χ4v) is 5.07. The van der Waals surface area contributed by atoms with Gasteiger partial charge in [0.1, 0.15) is 0 Å². The Balaban J connectivity index is 1.63. The molecule has 0 atom stereocenters. The van der Waals surface area contributed by atoms with E-state index in [-0.39, 0.29) is 11.0 Å². The zero-order chi connectivity index (χ0) is 23.8. The molecular formula is C28H39NO3Si. The number of hydrogen-bond acceptors (Lipinski definition) is 4. The van der Waals surface area contributed by atoms with Crippen molar-refractivity contribution in [2.75, 3.05) is 25.2 Å². The monoisotopic (exact) mass is 465 g/mol. The molecule has 0 bridgehead atoms. The quantitative estimate of drug-likeness (QED) is 0.286. The van der Waals surface area contributed by atoms with E-state index in [4.69, 9.17) is 9.16 Å². The summed E-state index contributed by atoms with van der Waals surface area (Å²) >= 11 is 0. The smallest absolute Gasteiger partial charge is 0.337 e. The number of nitrogens with zero attached hydrogens (tertiary/aromatic N) is 1. The lowest BCUT2D eigenvalue weighted by molar-refractivity contribution is 0.0600. The van der Waals surface area contributed by atoms with Gasteiger partial charge in [0, 0.05) is 17.9 Å². The average molecular weight is 466 g/mol. The molecule has 0 unspecified atom stereocenters. The second kappa shape index (κ2) is 9.26. The molecule has 33 heavy (non-hydrogen) atoms. The molecule has 0 heterocycles. The average Bonchev–Trinajstić information content (AvgIpc) is 3.68. The molecule has 4 rings (SSSR count). The lowest BCUT2D eigenvalue weighted by atomic mass is 10.0. The minimum absolute atomic E-state index is 0.186. The van der Waals surface area contributed by atoms with Gasteiger partial charge in [-0.2, -0.15) is 0 Å². The van der Waals surface area contributed by atoms with Crippen molar-refractivity contribution in [1.82, 2.24) is 0 Å². The standard InChI is InChI=1S/C28H39NO3Si/c1-28(2,3)33(5,6)32-16-15-29(25-13-11-22(12-14-25)27(30)31-4)26-18-23(20-7-8-20)17-24(19-26)21-9-10-21/h11-14,17-21H,7-10,15-16H2,1-6H3. The number of rotatable bonds is 9. The second-order valence-corrected chi connectivity index (χ2v) is 16.0. The molecule has 0 spiro atoms. The van der Waals surface area contributed by atoms with Crippen LogP contribution in [0.25, 0.3) is 0 Å². The van der Waals surface area contributed by atoms with Crippen LogP contribution in [0.4, 0.5) is 11.4 Å². The summed E-state index contributed by atoms with van der Waals surface area (Å²) in [5.74, 6) is 1.13. The maximum atomic E-state index is 11.9. The highest BCUT2D eigenvalue weighted by Gasteiger charge is 2.37. The van der Waals surface area contributed by atoms with Crippen LogP contribution in [0.2, 0.25) is 18.1 Å². The SMILES string of the molecule is COC(=O)c1ccc(N(CCO[Si](C)(C)C(C)(C)C)c2cc(C3CC3)cc(C3CC3)c2)cc1. The van der Waals surface area contributed by atoms with Gasteiger partial charge in [-0.3, -0.25) is 0 Å². The van der Waals surface area contributed by atoms with Gasteiger partial charge in [-0.15, -0.1) is 0 Å². The van der Waals surface area contributed by atoms with Crippen molar-refractivity contribution < 1.29 is 14.0 Å². The van der Waals surface area contributed by atoms with E-state index < -0.39 is 8.32 Å². The Hall–Kier alpha value is -2.11. The summed E-state index contributed by atoms with van der Waals surface area (Å²) in [6.07, 6.45) is 5.21. The van der Waals surface area contributed by atoms with Gasteiger partial charge in [-0.05, 0) is 103 Å². The Kier molecular flexibility index (Phi) is 6.74. The van der Waals surface area contributed by atoms with Crippen molar-refractivity contribution in [1.29, 1.82) is 0 Å². The van der Waals surface area contributed by atoms with Crippen LogP contribution in [0.5, 0.6) is 0 Å². The van der Waals surface area contributed by atoms with Crippen LogP contribution < -0.4 is 4.90 Å². The highest BCUT2D eigenvalue weighted by molar-refractivity contribution is 6.74. The number of ether oxygens (including phenoxy) is 1. The topological polar surface area (TPSA) is 38.8 Å². The molecule has 2 aromatic carbocycles. The molecule has 0 amide bonds. The minimum atomic E-state index is -1.83. The third kappa shape index (κ3) is 5.69. The number of methoxy groups -OCH3 is 1. The Morgan fingerprint density at radius 2 is 1.48 bits per heavy atom. The van der Waals surface area contributed by atoms with Gasteiger partial charge >= 0.3 is 5.97 Å². The second-order valence-electron chi connectivity index (χ2n) is 11.2. The first-order valence-corrected chi connectivity index (χ1v) is 15.2. The normalized spacial score (nSPS) is 16.5. The van der Waals surface area contributed by atoms with E-state index in [0.29, 0.717) is 12.2 Å². The van der Waals surface area contributed by atoms with Crippen molar-refractivity contribution in [3.05, 3.63) is 59.2 Å². The summed E-state index contributed by atoms with van der Waals surface area (Å²) in [6.45, 7) is 12.9. The fourth-order valence-electron chi connectivity index (χ4n) is 4.03. The van der Waals surface area contributed by atoms with Gasteiger partial charge in [0.2, 0.25) is 0 Å². The number of benzene rings is 2. The third-order valence-corrected chi connectivity index (χ3v) is 12.1. The molecule has 2 saturated carbocycles. The fraction of sp³-hybridized carbons (Fsp3) is 0.536. The van der Waals surface area contributed by atoms with Crippen LogP contribution in [0.15, 0.2) is 42.5 Å². The third-order valence-electron chi connectivity index (χ3n) is 7.56. The van der Waals surface area contributed by atoms with Crippen molar-refractivity contribution in [2.45, 2.75) is 76.4 Å². The van der Waals surface area contributed by atoms with Crippen molar-refractivity contribution in [3.8, 4) is 0 Å². The van der Waals surface area contributed by atoms with E-state index >= 15 is 0 Å². The summed E-state index contributed by atoms with van der Waals surface area (Å²) in [4.78, 5) is 14.3. The molecular weight excluding hydrogens is 426 g/mol. The summed E-state index contributed by atoms with van der Waals surface area (Å²) in [7, 11) is -0.408. The molecule has 5 heteroatoms. The number of carbonyl (C=O) groups excluding carboxylic acids is 1. The van der Waals surface area contributed by atoms with E-state index in [9.17, 15) is 4.79 Å². The van der Waals surface area contributed by atoms with Gasteiger partial charge in [0.25, 0.3) is 0 Å². The van der Waals surface area contributed by atoms with Crippen molar-refractivity contribution in [3.63, 3.8) is 0 Å². The molecule has 2 aliphatic carbocycles. The molecule has 4 nitrogen and oxygen atoms in total. The molecule has 2 aliphatic rings. The summed E-state index contributed by atoms with van der Waals surface area (Å²) in [5.41, 5.74) is 5.86. The van der Waals surface area contributed by atoms with E-state index in [0.717, 1.165) is 24.1 Å². The van der Waals surface area contributed by atoms with Crippen LogP contribution in [0.3, 0.4) is 0 Å². The number of anilines is 2. The Bertz CT molecular complexity index is 955. The zero-order valence-corrected chi connectivity index (χ0v) is 22.1. The highest BCUT2D eigenvalue weighted by atomic mass is 28.4. The molecule has 0 N–H and O–H groups in total. The molecule has 0 aromatic heterocycles. The first-order valence-electron chi connectivity index (χ1n) is 12.3. The lowest BCUT2D eigenvalue weighted by Crippen LogP contribution is -2.42. The van der Waals surface area contributed by atoms with Gasteiger partial charge in [0.05, 0.1) is 19.3 Å². The predicted molar refractivity (Wildman–Crippen MR) is 138 cm³/mol. The van der Waals surface area contributed by atoms with Crippen molar-refractivity contribution >= 4 is 25.7 Å². The Morgan fingerprint density at radius 3 is 1.94 bits per heavy atom. The Morgan fingerprint density at radius 1 is 0.939 bits per heavy atom. The maximum Gasteiger partial charge on any atom is 0.337 e. The van der Waals surface area contributed by atoms with Crippen LogP contribution in [0.1, 0.15) is 79.8 Å². The van der Waals surface area contributed by atoms with Crippen molar-refractivity contribution in [2.24, 2.45) is 0 Å². The Labute approximate surface area is 200 Å². The van der Waals surface area contributed by atoms with E-state index in [1.165, 1.54) is 49.6 Å². The van der Waals surface area contributed by atoms with Gasteiger partial charge in [0.15, 0.2) is 8.32 Å². The number of hydrogen-bond donors (Lipinski definition) is 0. The van der Waals surface area contributed by atoms with Crippen LogP contribution >= 0.6 is 0 Å². The number of esters is 1. The maximum absolute atomic E-state index is 11.9. The van der Waals surface area contributed by atoms with E-state index in [2.05, 4.69) is 57.0 Å². The van der Waals surface area contributed by atoms with E-state index in [1.807, 2.05) is 24.3 Å². The largest absolute Gasteiger partial charge is 0.465 e. The first-order chi connectivity index (χ1) is 15.6. The van der Waals surface area contributed by atoms with Crippen LogP contribution in [0, 0.1) is 0 Å². The predicted octanol–water partition coefficient (Wildman–Crippen LogP) is 7.39. The number of carbonyl (C=O) groups is 1. The highest BCUT2D eigenvalue weighted by Crippen LogP contribution is 2.47. The van der Waals surface area contributed by atoms with Gasteiger partial charge < -0.3 is 14.1 Å². The molecule has 0 radical (unpaired) electrons. The first kappa shape index (κ1) is 24.0. The minimum Gasteiger partial charge on any atom is -0.465 e. The van der Waals surface area contributed by atoms with Crippen LogP contribution in [-0.4, -0.2) is 34.5 Å². The summed E-state index contributed by atoms with van der Waals surface area (Å²) in [5, 5.41) is 0.186. The van der Waals surface area contributed by atoms with Crippen LogP contribution in [-0.2, 0) is 9.16 Å². The van der Waals surface area contributed by atoms with E-state index in [1.54, 1.807) is 0 Å². The lowest BCUT2D eigenvalue weighted by Gasteiger charge is -2.37. The molecule has 2 fully saturated rings. The van der Waals surface area contributed by atoms with Gasteiger partial charge in [-0.25, -0.2) is 4.79 Å². The molecule has 178 valence electrons. The van der Waals surface area contributed by atoms with Gasteiger partial charge in [-0.1, -0.05) is 26.8 Å². The summed E-state index contributed by atoms with van der Waals surface area (Å²) in [6, 6.07) is 15.0. The summed E-state index contributed by atoms with van der Waals surface area (Å²) < 4.78 is 11.4. The molecule has 0 aliphatic heterocycles. The zero-order valence-electron chi connectivity index (χ0n) is 21.1.